The number of nitrogens with zero attached hydrogens (tertiary/aromatic N) is 5. The van der Waals surface area contributed by atoms with Gasteiger partial charge in [-0.05, 0) is 83.5 Å². The van der Waals surface area contributed by atoms with Gasteiger partial charge >= 0.3 is 0 Å². The average Bonchev–Trinajstić information content (AvgIpc) is 3.66. The van der Waals surface area contributed by atoms with Crippen LogP contribution in [0.25, 0.3) is 10.9 Å². The summed E-state index contributed by atoms with van der Waals surface area (Å²) < 4.78 is 18.8. The fraction of sp³-hybridized carbons (Fsp3) is 0.467. The molecule has 0 unspecified atom stereocenters. The number of aryl methyl sites for hydroxylation is 1. The minimum Gasteiger partial charge on any atom is -0.494 e. The quantitative estimate of drug-likeness (QED) is 0.269. The van der Waals surface area contributed by atoms with Crippen molar-refractivity contribution in [2.24, 2.45) is 0 Å². The van der Waals surface area contributed by atoms with E-state index in [1.807, 2.05) is 31.2 Å². The lowest BCUT2D eigenvalue weighted by Crippen LogP contribution is -2.39. The lowest BCUT2D eigenvalue weighted by atomic mass is 10.0. The summed E-state index contributed by atoms with van der Waals surface area (Å²) in [5.41, 5.74) is 3.54. The van der Waals surface area contributed by atoms with Crippen LogP contribution < -0.4 is 10.3 Å². The maximum Gasteiger partial charge on any atom is 0.253 e. The Kier molecular flexibility index (Phi) is 9.20. The van der Waals surface area contributed by atoms with Crippen LogP contribution in [0.15, 0.2) is 53.3 Å². The zero-order valence-electron chi connectivity index (χ0n) is 23.5. The summed E-state index contributed by atoms with van der Waals surface area (Å²) in [7, 11) is 1.65. The maximum atomic E-state index is 13.7. The van der Waals surface area contributed by atoms with Crippen molar-refractivity contribution >= 4 is 10.9 Å². The van der Waals surface area contributed by atoms with Gasteiger partial charge in [-0.15, -0.1) is 5.10 Å². The average molecular weight is 547 g/mol. The van der Waals surface area contributed by atoms with E-state index in [2.05, 4.69) is 56.6 Å². The van der Waals surface area contributed by atoms with Gasteiger partial charge in [0.1, 0.15) is 11.8 Å². The highest BCUT2D eigenvalue weighted by Gasteiger charge is 2.33. The summed E-state index contributed by atoms with van der Waals surface area (Å²) >= 11 is 0. The molecule has 40 heavy (non-hydrogen) atoms. The molecule has 0 radical (unpaired) electrons. The largest absolute Gasteiger partial charge is 0.494 e. The van der Waals surface area contributed by atoms with E-state index in [0.29, 0.717) is 44.2 Å². The number of methoxy groups -OCH3 is 1. The van der Waals surface area contributed by atoms with Crippen molar-refractivity contribution in [1.82, 2.24) is 30.1 Å². The molecule has 2 aromatic carbocycles. The molecule has 0 amide bonds. The van der Waals surface area contributed by atoms with E-state index in [1.165, 1.54) is 5.56 Å². The van der Waals surface area contributed by atoms with Crippen LogP contribution in [0.1, 0.15) is 55.2 Å². The Balaban J connectivity index is 1.62. The molecule has 1 saturated heterocycles. The molecule has 1 aliphatic heterocycles. The van der Waals surface area contributed by atoms with Crippen LogP contribution in [0.2, 0.25) is 0 Å². The molecule has 0 aliphatic carbocycles. The molecule has 0 saturated carbocycles. The van der Waals surface area contributed by atoms with E-state index in [9.17, 15) is 4.79 Å². The van der Waals surface area contributed by atoms with Crippen LogP contribution in [-0.2, 0) is 29.0 Å². The van der Waals surface area contributed by atoms with Crippen molar-refractivity contribution in [1.29, 1.82) is 0 Å². The molecule has 10 nitrogen and oxygen atoms in total. The monoisotopic (exact) mass is 546 g/mol. The molecule has 0 bridgehead atoms. The van der Waals surface area contributed by atoms with Crippen LogP contribution >= 0.6 is 0 Å². The fourth-order valence-corrected chi connectivity index (χ4v) is 5.34. The predicted molar refractivity (Wildman–Crippen MR) is 152 cm³/mol. The summed E-state index contributed by atoms with van der Waals surface area (Å²) in [6.45, 7) is 7.57. The minimum absolute atomic E-state index is 0.0553. The molecule has 1 aliphatic rings. The molecule has 1 fully saturated rings. The predicted octanol–water partition coefficient (Wildman–Crippen LogP) is 3.89. The number of H-pyrrole nitrogens is 1. The Bertz CT molecular complexity index is 1440. The van der Waals surface area contributed by atoms with Gasteiger partial charge in [-0.3, -0.25) is 9.69 Å². The summed E-state index contributed by atoms with van der Waals surface area (Å²) in [5, 5.41) is 13.7. The summed E-state index contributed by atoms with van der Waals surface area (Å²) in [6.07, 6.45) is 2.95. The van der Waals surface area contributed by atoms with E-state index >= 15 is 0 Å². The number of ether oxygens (including phenoxy) is 3. The van der Waals surface area contributed by atoms with Crippen molar-refractivity contribution in [3.63, 3.8) is 0 Å². The fourth-order valence-electron chi connectivity index (χ4n) is 5.34. The van der Waals surface area contributed by atoms with Gasteiger partial charge < -0.3 is 19.2 Å². The second-order valence-electron chi connectivity index (χ2n) is 10.1. The number of hydrogen-bond donors (Lipinski definition) is 1. The standard InChI is InChI=1S/C30H38N6O4/c1-4-21-10-13-27-23(17-21)18-26(30(37)31-27)28(29-32-33-34-36(29)14-16-38-3)35(20-25-7-6-15-40-25)19-22-8-11-24(12-9-22)39-5-2/h8-13,17-18,25,28H,4-7,14-16,19-20H2,1-3H3,(H,31,37)/t25-,28+/m1/s1. The summed E-state index contributed by atoms with van der Waals surface area (Å²) in [5.74, 6) is 1.42. The highest BCUT2D eigenvalue weighted by molar-refractivity contribution is 5.80. The van der Waals surface area contributed by atoms with E-state index in [-0.39, 0.29) is 11.7 Å². The molecule has 1 N–H and O–H groups in total. The molecule has 0 spiro atoms. The van der Waals surface area contributed by atoms with E-state index in [1.54, 1.807) is 11.8 Å². The number of aromatic amines is 1. The van der Waals surface area contributed by atoms with Crippen LogP contribution in [0.3, 0.4) is 0 Å². The maximum absolute atomic E-state index is 13.7. The Morgan fingerprint density at radius 1 is 1.15 bits per heavy atom. The number of tetrazole rings is 1. The molecule has 4 aromatic rings. The number of rotatable bonds is 13. The van der Waals surface area contributed by atoms with Crippen LogP contribution in [0.5, 0.6) is 5.75 Å². The zero-order chi connectivity index (χ0) is 27.9. The van der Waals surface area contributed by atoms with E-state index in [0.717, 1.165) is 48.1 Å². The van der Waals surface area contributed by atoms with Gasteiger partial charge in [0.2, 0.25) is 0 Å². The molecular weight excluding hydrogens is 508 g/mol. The van der Waals surface area contributed by atoms with Crippen LogP contribution in [-0.4, -0.2) is 69.7 Å². The third-order valence-electron chi connectivity index (χ3n) is 7.40. The van der Waals surface area contributed by atoms with Gasteiger partial charge in [0.05, 0.1) is 25.9 Å². The Hall–Kier alpha value is -3.60. The van der Waals surface area contributed by atoms with Gasteiger partial charge in [0.25, 0.3) is 5.56 Å². The number of benzene rings is 2. The molecular formula is C30H38N6O4. The highest BCUT2D eigenvalue weighted by atomic mass is 16.5. The van der Waals surface area contributed by atoms with Gasteiger partial charge in [0, 0.05) is 37.9 Å². The third-order valence-corrected chi connectivity index (χ3v) is 7.40. The molecule has 3 heterocycles. The normalized spacial score (nSPS) is 16.1. The molecule has 2 atom stereocenters. The first-order valence-corrected chi connectivity index (χ1v) is 14.1. The van der Waals surface area contributed by atoms with Crippen molar-refractivity contribution in [3.8, 4) is 5.75 Å². The van der Waals surface area contributed by atoms with Crippen molar-refractivity contribution in [3.05, 3.63) is 81.4 Å². The zero-order valence-corrected chi connectivity index (χ0v) is 23.5. The van der Waals surface area contributed by atoms with Gasteiger partial charge in [0.15, 0.2) is 5.82 Å². The van der Waals surface area contributed by atoms with Crippen molar-refractivity contribution < 1.29 is 14.2 Å². The van der Waals surface area contributed by atoms with Gasteiger partial charge in [-0.2, -0.15) is 0 Å². The lowest BCUT2D eigenvalue weighted by molar-refractivity contribution is 0.0569. The van der Waals surface area contributed by atoms with Gasteiger partial charge in [-0.1, -0.05) is 25.1 Å². The van der Waals surface area contributed by atoms with Crippen LogP contribution in [0.4, 0.5) is 0 Å². The molecule has 5 rings (SSSR count). The van der Waals surface area contributed by atoms with Gasteiger partial charge in [-0.25, -0.2) is 4.68 Å². The molecule has 10 heteroatoms. The number of nitrogens with one attached hydrogen (secondary N) is 1. The second-order valence-corrected chi connectivity index (χ2v) is 10.1. The minimum atomic E-state index is -0.513. The molecule has 2 aromatic heterocycles. The highest BCUT2D eigenvalue weighted by Crippen LogP contribution is 2.31. The second kappa shape index (κ2) is 13.2. The first kappa shape index (κ1) is 27.9. The number of hydrogen-bond acceptors (Lipinski definition) is 8. The van der Waals surface area contributed by atoms with Crippen LogP contribution in [0, 0.1) is 0 Å². The van der Waals surface area contributed by atoms with Crippen molar-refractivity contribution in [2.45, 2.75) is 58.3 Å². The third kappa shape index (κ3) is 6.41. The van der Waals surface area contributed by atoms with E-state index < -0.39 is 6.04 Å². The first-order valence-electron chi connectivity index (χ1n) is 14.1. The number of aromatic nitrogens is 5. The Morgan fingerprint density at radius 3 is 2.70 bits per heavy atom. The Labute approximate surface area is 234 Å². The smallest absolute Gasteiger partial charge is 0.253 e. The van der Waals surface area contributed by atoms with Crippen molar-refractivity contribution in [2.75, 3.05) is 33.5 Å². The topological polar surface area (TPSA) is 107 Å². The Morgan fingerprint density at radius 2 is 1.98 bits per heavy atom. The lowest BCUT2D eigenvalue weighted by Gasteiger charge is -2.32. The molecule has 212 valence electrons. The summed E-state index contributed by atoms with van der Waals surface area (Å²) in [6, 6.07) is 15.7. The first-order chi connectivity index (χ1) is 19.6. The number of fused-ring (bicyclic) bond motifs is 1. The SMILES string of the molecule is CCOc1ccc(CN(C[C@H]2CCCO2)[C@@H](c2cc3cc(CC)ccc3[nH]c2=O)c2nnnn2CCOC)cc1. The number of pyridine rings is 1. The van der Waals surface area contributed by atoms with E-state index in [4.69, 9.17) is 14.2 Å². The summed E-state index contributed by atoms with van der Waals surface area (Å²) in [4.78, 5) is 19.1.